The van der Waals surface area contributed by atoms with E-state index in [4.69, 9.17) is 23.2 Å². The Morgan fingerprint density at radius 2 is 1.82 bits per heavy atom. The van der Waals surface area contributed by atoms with Gasteiger partial charge in [-0.05, 0) is 36.3 Å². The molecule has 3 rings (SSSR count). The van der Waals surface area contributed by atoms with Crippen molar-refractivity contribution in [1.29, 1.82) is 0 Å². The molecule has 0 atom stereocenters. The van der Waals surface area contributed by atoms with E-state index in [1.807, 2.05) is 4.72 Å². The third-order valence-corrected chi connectivity index (χ3v) is 5.48. The van der Waals surface area contributed by atoms with Gasteiger partial charge < -0.3 is 0 Å². The van der Waals surface area contributed by atoms with E-state index in [-0.39, 0.29) is 20.6 Å². The Balaban J connectivity index is 2.00. The molecule has 28 heavy (non-hydrogen) atoms. The topological polar surface area (TPSA) is 72.0 Å². The molecule has 3 aromatic rings. The summed E-state index contributed by atoms with van der Waals surface area (Å²) in [6.07, 6.45) is 4.11. The van der Waals surface area contributed by atoms with Crippen LogP contribution in [0.3, 0.4) is 0 Å². The predicted molar refractivity (Wildman–Crippen MR) is 102 cm³/mol. The van der Waals surface area contributed by atoms with Crippen molar-refractivity contribution in [3.63, 3.8) is 0 Å². The molecule has 2 aromatic carbocycles. The van der Waals surface area contributed by atoms with Crippen LogP contribution in [0.5, 0.6) is 0 Å². The van der Waals surface area contributed by atoms with E-state index in [0.29, 0.717) is 0 Å². The minimum Gasteiger partial charge on any atom is -0.277 e. The van der Waals surface area contributed by atoms with Crippen LogP contribution in [-0.2, 0) is 10.0 Å². The van der Waals surface area contributed by atoms with Gasteiger partial charge in [-0.3, -0.25) is 9.71 Å². The van der Waals surface area contributed by atoms with Crippen molar-refractivity contribution in [2.45, 2.75) is 4.90 Å². The van der Waals surface area contributed by atoms with Crippen molar-refractivity contribution in [3.8, 4) is 11.8 Å². The molecule has 0 aliphatic carbocycles. The van der Waals surface area contributed by atoms with E-state index < -0.39 is 32.9 Å². The summed E-state index contributed by atoms with van der Waals surface area (Å²) in [6, 6.07) is 5.64. The van der Waals surface area contributed by atoms with Crippen molar-refractivity contribution in [1.82, 2.24) is 9.97 Å². The lowest BCUT2D eigenvalue weighted by Gasteiger charge is -2.11. The van der Waals surface area contributed by atoms with Crippen molar-refractivity contribution < 1.29 is 17.2 Å². The number of aromatic nitrogens is 2. The fraction of sp³-hybridized carbons (Fsp3) is 0. The van der Waals surface area contributed by atoms with Crippen molar-refractivity contribution in [2.75, 3.05) is 4.72 Å². The van der Waals surface area contributed by atoms with Gasteiger partial charge in [-0.15, -0.1) is 0 Å². The summed E-state index contributed by atoms with van der Waals surface area (Å²) < 4.78 is 55.8. The van der Waals surface area contributed by atoms with Crippen LogP contribution in [-0.4, -0.2) is 18.4 Å². The lowest BCUT2D eigenvalue weighted by molar-refractivity contribution is 0.578. The van der Waals surface area contributed by atoms with E-state index in [1.165, 1.54) is 30.7 Å². The molecular weight excluding hydrogens is 431 g/mol. The van der Waals surface area contributed by atoms with Gasteiger partial charge in [0.05, 0.1) is 22.5 Å². The second-order valence-electron chi connectivity index (χ2n) is 5.30. The highest BCUT2D eigenvalue weighted by Gasteiger charge is 2.22. The third-order valence-electron chi connectivity index (χ3n) is 3.40. The summed E-state index contributed by atoms with van der Waals surface area (Å²) in [5, 5.41) is 0.0157. The van der Waals surface area contributed by atoms with Crippen LogP contribution in [0.1, 0.15) is 11.3 Å². The van der Waals surface area contributed by atoms with Crippen LogP contribution < -0.4 is 4.72 Å². The molecule has 0 saturated carbocycles. The molecule has 0 fully saturated rings. The molecule has 1 aromatic heterocycles. The average molecular weight is 440 g/mol. The number of halogens is 4. The smallest absolute Gasteiger partial charge is 0.263 e. The van der Waals surface area contributed by atoms with Gasteiger partial charge in [0.2, 0.25) is 0 Å². The van der Waals surface area contributed by atoms with E-state index in [1.54, 1.807) is 0 Å². The summed E-state index contributed by atoms with van der Waals surface area (Å²) in [6.45, 7) is 0. The number of nitrogens with one attached hydrogen (secondary N) is 1. The average Bonchev–Trinajstić information content (AvgIpc) is 2.66. The Kier molecular flexibility index (Phi) is 5.79. The maximum absolute atomic E-state index is 14.7. The van der Waals surface area contributed by atoms with E-state index in [0.717, 1.165) is 18.2 Å². The maximum Gasteiger partial charge on any atom is 0.263 e. The third kappa shape index (κ3) is 4.39. The summed E-state index contributed by atoms with van der Waals surface area (Å²) in [5.41, 5.74) is -0.929. The first kappa shape index (κ1) is 20.0. The number of benzene rings is 2. The van der Waals surface area contributed by atoms with Gasteiger partial charge >= 0.3 is 0 Å². The molecule has 0 unspecified atom stereocenters. The lowest BCUT2D eigenvalue weighted by atomic mass is 10.1. The molecule has 1 N–H and O–H groups in total. The molecular formula is C18H9Cl2F2N3O2S. The Morgan fingerprint density at radius 1 is 1.04 bits per heavy atom. The van der Waals surface area contributed by atoms with Crippen LogP contribution in [0.2, 0.25) is 10.0 Å². The fourth-order valence-electron chi connectivity index (χ4n) is 2.12. The molecule has 0 radical (unpaired) electrons. The molecule has 0 aliphatic rings. The zero-order valence-corrected chi connectivity index (χ0v) is 16.1. The fourth-order valence-corrected chi connectivity index (χ4v) is 3.94. The SMILES string of the molecule is O=S(=O)(Nc1ccc(F)c(C#Cc2cnccn2)c1F)c1cc(Cl)ccc1Cl. The highest BCUT2D eigenvalue weighted by molar-refractivity contribution is 7.92. The zero-order chi connectivity index (χ0) is 20.3. The van der Waals surface area contributed by atoms with Gasteiger partial charge in [0.1, 0.15) is 16.4 Å². The molecule has 0 bridgehead atoms. The standard InChI is InChI=1S/C18H9Cl2F2N3O2S/c19-11-1-4-14(20)17(9-11)28(26,27)25-16-6-5-15(21)13(18(16)22)3-2-12-10-23-7-8-24-12/h1,4-10,25H. The summed E-state index contributed by atoms with van der Waals surface area (Å²) in [5.74, 6) is 2.62. The highest BCUT2D eigenvalue weighted by Crippen LogP contribution is 2.28. The van der Waals surface area contributed by atoms with Crippen LogP contribution >= 0.6 is 23.2 Å². The molecule has 10 heteroatoms. The minimum absolute atomic E-state index is 0.109. The van der Waals surface area contributed by atoms with Crippen LogP contribution in [0.15, 0.2) is 53.8 Å². The number of anilines is 1. The van der Waals surface area contributed by atoms with Gasteiger partial charge in [0.15, 0.2) is 5.82 Å². The molecule has 142 valence electrons. The minimum atomic E-state index is -4.29. The van der Waals surface area contributed by atoms with Gasteiger partial charge in [-0.2, -0.15) is 0 Å². The van der Waals surface area contributed by atoms with Gasteiger partial charge in [-0.1, -0.05) is 29.1 Å². The Labute approximate surface area is 169 Å². The van der Waals surface area contributed by atoms with Crippen LogP contribution in [0.25, 0.3) is 0 Å². The van der Waals surface area contributed by atoms with Crippen molar-refractivity contribution in [2.24, 2.45) is 0 Å². The second-order valence-corrected chi connectivity index (χ2v) is 7.80. The number of hydrogen-bond donors (Lipinski definition) is 1. The lowest BCUT2D eigenvalue weighted by Crippen LogP contribution is -2.15. The zero-order valence-electron chi connectivity index (χ0n) is 13.7. The number of hydrogen-bond acceptors (Lipinski definition) is 4. The molecule has 0 saturated heterocycles. The maximum atomic E-state index is 14.7. The molecule has 0 aliphatic heterocycles. The van der Waals surface area contributed by atoms with Gasteiger partial charge in [0, 0.05) is 17.4 Å². The predicted octanol–water partition coefficient (Wildman–Crippen LogP) is 4.26. The summed E-state index contributed by atoms with van der Waals surface area (Å²) in [4.78, 5) is 7.31. The largest absolute Gasteiger partial charge is 0.277 e. The Morgan fingerprint density at radius 3 is 2.54 bits per heavy atom. The first-order chi connectivity index (χ1) is 13.3. The number of nitrogens with zero attached hydrogens (tertiary/aromatic N) is 2. The number of rotatable bonds is 3. The molecule has 0 spiro atoms. The Hall–Kier alpha value is -2.73. The number of sulfonamides is 1. The first-order valence-electron chi connectivity index (χ1n) is 7.52. The quantitative estimate of drug-likeness (QED) is 0.618. The van der Waals surface area contributed by atoms with Crippen LogP contribution in [0, 0.1) is 23.5 Å². The van der Waals surface area contributed by atoms with Crippen molar-refractivity contribution in [3.05, 3.63) is 81.9 Å². The monoisotopic (exact) mass is 439 g/mol. The molecule has 0 amide bonds. The molecule has 1 heterocycles. The molecule has 5 nitrogen and oxygen atoms in total. The summed E-state index contributed by atoms with van der Waals surface area (Å²) in [7, 11) is -4.29. The van der Waals surface area contributed by atoms with E-state index in [2.05, 4.69) is 21.8 Å². The normalized spacial score (nSPS) is 10.9. The summed E-state index contributed by atoms with van der Waals surface area (Å²) >= 11 is 11.7. The first-order valence-corrected chi connectivity index (χ1v) is 9.76. The van der Waals surface area contributed by atoms with E-state index in [9.17, 15) is 17.2 Å². The second kappa shape index (κ2) is 8.10. The van der Waals surface area contributed by atoms with Crippen LogP contribution in [0.4, 0.5) is 14.5 Å². The van der Waals surface area contributed by atoms with E-state index >= 15 is 0 Å². The van der Waals surface area contributed by atoms with Gasteiger partial charge in [0.25, 0.3) is 10.0 Å². The highest BCUT2D eigenvalue weighted by atomic mass is 35.5. The van der Waals surface area contributed by atoms with Gasteiger partial charge in [-0.25, -0.2) is 22.2 Å². The van der Waals surface area contributed by atoms with Crippen molar-refractivity contribution >= 4 is 38.9 Å². The Bertz CT molecular complexity index is 1210.